The van der Waals surface area contributed by atoms with E-state index >= 15 is 0 Å². The molecule has 0 atom stereocenters. The molecular weight excluding hydrogens is 412 g/mol. The van der Waals surface area contributed by atoms with Crippen LogP contribution in [0.3, 0.4) is 0 Å². The lowest BCUT2D eigenvalue weighted by Gasteiger charge is -2.37. The molecule has 1 saturated heterocycles. The summed E-state index contributed by atoms with van der Waals surface area (Å²) >= 11 is 0. The Morgan fingerprint density at radius 2 is 1.70 bits per heavy atom. The van der Waals surface area contributed by atoms with E-state index in [4.69, 9.17) is 0 Å². The van der Waals surface area contributed by atoms with Crippen LogP contribution in [0.5, 0.6) is 0 Å². The third kappa shape index (κ3) is 4.01. The van der Waals surface area contributed by atoms with Crippen LogP contribution in [0, 0.1) is 11.6 Å². The lowest BCUT2D eigenvalue weighted by atomic mass is 9.93. The molecule has 0 amide bonds. The van der Waals surface area contributed by atoms with Gasteiger partial charge in [0.2, 0.25) is 10.0 Å². The van der Waals surface area contributed by atoms with Gasteiger partial charge in [0.05, 0.1) is 24.3 Å². The van der Waals surface area contributed by atoms with E-state index in [9.17, 15) is 17.2 Å². The average molecular weight is 438 g/mol. The number of fused-ring (bicyclic) bond motifs is 1. The van der Waals surface area contributed by atoms with Gasteiger partial charge in [-0.3, -0.25) is 0 Å². The van der Waals surface area contributed by atoms with Crippen molar-refractivity contribution in [3.8, 4) is 0 Å². The first-order valence-electron chi connectivity index (χ1n) is 9.60. The van der Waals surface area contributed by atoms with E-state index in [2.05, 4.69) is 9.97 Å². The molecule has 30 heavy (non-hydrogen) atoms. The molecule has 1 fully saturated rings. The van der Waals surface area contributed by atoms with Gasteiger partial charge in [-0.2, -0.15) is 0 Å². The Kier molecular flexibility index (Phi) is 6.09. The highest BCUT2D eigenvalue weighted by atomic mass is 32.2. The Labute approximate surface area is 175 Å². The Morgan fingerprint density at radius 3 is 2.27 bits per heavy atom. The number of nitrogens with zero attached hydrogens (tertiary/aromatic N) is 5. The van der Waals surface area contributed by atoms with E-state index in [1.807, 2.05) is 20.9 Å². The van der Waals surface area contributed by atoms with Crippen LogP contribution in [-0.2, 0) is 17.1 Å². The van der Waals surface area contributed by atoms with Crippen LogP contribution < -0.4 is 4.90 Å². The van der Waals surface area contributed by atoms with Crippen molar-refractivity contribution < 1.29 is 17.2 Å². The molecule has 0 saturated carbocycles. The Morgan fingerprint density at radius 1 is 1.10 bits per heavy atom. The minimum absolute atomic E-state index is 0.211. The molecule has 3 aromatic rings. The summed E-state index contributed by atoms with van der Waals surface area (Å²) in [6.07, 6.45) is 4.32. The van der Waals surface area contributed by atoms with Crippen LogP contribution in [0.2, 0.25) is 0 Å². The second kappa shape index (κ2) is 8.27. The number of sulfonamides is 1. The maximum Gasteiger partial charge on any atom is 0.211 e. The van der Waals surface area contributed by atoms with Crippen molar-refractivity contribution in [3.63, 3.8) is 0 Å². The van der Waals surface area contributed by atoms with Crippen LogP contribution in [0.1, 0.15) is 25.3 Å². The molecule has 2 aromatic heterocycles. The first-order chi connectivity index (χ1) is 14.1. The summed E-state index contributed by atoms with van der Waals surface area (Å²) in [7, 11) is 0.0896. The standard InChI is InChI=1S/C18H19F2N5O2S.C2H6/c1-23-10-22-15-7-21-17(6-16(15)23)24(2)18-13(19)4-11(5-14(18)20)12-8-25(9-12)28(3,26)27;1-2/h4-7,10,12H,8-9H2,1-3H3;1-2H3. The van der Waals surface area contributed by atoms with Crippen molar-refractivity contribution in [2.45, 2.75) is 19.8 Å². The van der Waals surface area contributed by atoms with Crippen molar-refractivity contribution in [3.05, 3.63) is 47.9 Å². The zero-order valence-corrected chi connectivity index (χ0v) is 18.4. The minimum Gasteiger partial charge on any atom is -0.334 e. The molecular formula is C20H25F2N5O2S. The molecule has 0 N–H and O–H groups in total. The zero-order valence-electron chi connectivity index (χ0n) is 17.6. The number of hydrogen-bond donors (Lipinski definition) is 0. The maximum absolute atomic E-state index is 14.8. The second-order valence-corrected chi connectivity index (χ2v) is 9.04. The number of halogens is 2. The topological polar surface area (TPSA) is 71.3 Å². The van der Waals surface area contributed by atoms with Crippen LogP contribution in [0.15, 0.2) is 30.7 Å². The largest absolute Gasteiger partial charge is 0.334 e. The van der Waals surface area contributed by atoms with E-state index in [0.717, 1.165) is 11.8 Å². The van der Waals surface area contributed by atoms with Gasteiger partial charge in [0.15, 0.2) is 0 Å². The predicted octanol–water partition coefficient (Wildman–Crippen LogP) is 3.40. The molecule has 4 rings (SSSR count). The van der Waals surface area contributed by atoms with Gasteiger partial charge in [-0.05, 0) is 17.7 Å². The van der Waals surface area contributed by atoms with Crippen molar-refractivity contribution >= 4 is 32.6 Å². The molecule has 7 nitrogen and oxygen atoms in total. The molecule has 1 aromatic carbocycles. The highest BCUT2D eigenvalue weighted by Crippen LogP contribution is 2.35. The number of benzene rings is 1. The lowest BCUT2D eigenvalue weighted by molar-refractivity contribution is 0.265. The molecule has 0 unspecified atom stereocenters. The Balaban J connectivity index is 0.00000124. The summed E-state index contributed by atoms with van der Waals surface area (Å²) in [5, 5.41) is 0. The van der Waals surface area contributed by atoms with Gasteiger partial charge in [0.25, 0.3) is 0 Å². The fraction of sp³-hybridized carbons (Fsp3) is 0.400. The Bertz CT molecular complexity index is 1150. The summed E-state index contributed by atoms with van der Waals surface area (Å²) in [6, 6.07) is 4.24. The molecule has 0 spiro atoms. The fourth-order valence-corrected chi connectivity index (χ4v) is 4.28. The van der Waals surface area contributed by atoms with Crippen molar-refractivity contribution in [2.75, 3.05) is 31.3 Å². The van der Waals surface area contributed by atoms with Gasteiger partial charge < -0.3 is 9.47 Å². The number of imidazole rings is 1. The third-order valence-electron chi connectivity index (χ3n) is 5.10. The molecule has 3 heterocycles. The number of rotatable bonds is 4. The first-order valence-corrected chi connectivity index (χ1v) is 11.4. The summed E-state index contributed by atoms with van der Waals surface area (Å²) in [4.78, 5) is 9.78. The summed E-state index contributed by atoms with van der Waals surface area (Å²) in [5.41, 5.74) is 1.72. The van der Waals surface area contributed by atoms with Gasteiger partial charge in [0.1, 0.15) is 28.7 Å². The zero-order chi connectivity index (χ0) is 22.2. The van der Waals surface area contributed by atoms with Gasteiger partial charge in [0, 0.05) is 39.2 Å². The number of pyridine rings is 1. The van der Waals surface area contributed by atoms with Crippen molar-refractivity contribution in [1.82, 2.24) is 18.8 Å². The average Bonchev–Trinajstić information content (AvgIpc) is 3.01. The van der Waals surface area contributed by atoms with E-state index < -0.39 is 21.7 Å². The molecule has 1 aliphatic rings. The number of anilines is 2. The SMILES string of the molecule is CC.CN(c1cc2c(cn1)ncn2C)c1c(F)cc(C2CN(S(C)(=O)=O)C2)cc1F. The van der Waals surface area contributed by atoms with E-state index in [1.165, 1.54) is 21.3 Å². The minimum atomic E-state index is -3.28. The number of aryl methyl sites for hydroxylation is 1. The van der Waals surface area contributed by atoms with E-state index in [1.54, 1.807) is 30.2 Å². The van der Waals surface area contributed by atoms with Crippen molar-refractivity contribution in [1.29, 1.82) is 0 Å². The van der Waals surface area contributed by atoms with Crippen LogP contribution in [0.25, 0.3) is 11.0 Å². The highest BCUT2D eigenvalue weighted by molar-refractivity contribution is 7.88. The van der Waals surface area contributed by atoms with Crippen molar-refractivity contribution in [2.24, 2.45) is 7.05 Å². The number of aromatic nitrogens is 3. The summed E-state index contributed by atoms with van der Waals surface area (Å²) in [6.45, 7) is 4.46. The van der Waals surface area contributed by atoms with E-state index in [0.29, 0.717) is 16.9 Å². The monoisotopic (exact) mass is 437 g/mol. The lowest BCUT2D eigenvalue weighted by Crippen LogP contribution is -2.47. The quantitative estimate of drug-likeness (QED) is 0.626. The highest BCUT2D eigenvalue weighted by Gasteiger charge is 2.35. The van der Waals surface area contributed by atoms with Gasteiger partial charge in [-0.1, -0.05) is 13.8 Å². The van der Waals surface area contributed by atoms with Crippen LogP contribution >= 0.6 is 0 Å². The molecule has 162 valence electrons. The van der Waals surface area contributed by atoms with Gasteiger partial charge in [-0.25, -0.2) is 31.5 Å². The number of hydrogen-bond acceptors (Lipinski definition) is 5. The molecule has 1 aliphatic heterocycles. The molecule has 0 aliphatic carbocycles. The smallest absolute Gasteiger partial charge is 0.211 e. The van der Waals surface area contributed by atoms with Gasteiger partial charge in [-0.15, -0.1) is 0 Å². The first kappa shape index (κ1) is 22.1. The fourth-order valence-electron chi connectivity index (χ4n) is 3.38. The van der Waals surface area contributed by atoms with Crippen LogP contribution in [-0.4, -0.2) is 53.7 Å². The summed E-state index contributed by atoms with van der Waals surface area (Å²) in [5.74, 6) is -1.28. The molecule has 0 bridgehead atoms. The Hall–Kier alpha value is -2.59. The van der Waals surface area contributed by atoms with Crippen LogP contribution in [0.4, 0.5) is 20.3 Å². The third-order valence-corrected chi connectivity index (χ3v) is 6.34. The van der Waals surface area contributed by atoms with Gasteiger partial charge >= 0.3 is 0 Å². The van der Waals surface area contributed by atoms with E-state index in [-0.39, 0.29) is 24.7 Å². The normalized spacial score (nSPS) is 14.9. The predicted molar refractivity (Wildman–Crippen MR) is 113 cm³/mol. The summed E-state index contributed by atoms with van der Waals surface area (Å²) < 4.78 is 55.6. The maximum atomic E-state index is 14.8. The molecule has 0 radical (unpaired) electrons. The molecule has 10 heteroatoms. The second-order valence-electron chi connectivity index (χ2n) is 7.06.